The van der Waals surface area contributed by atoms with Gasteiger partial charge in [0.25, 0.3) is 11.8 Å². The summed E-state index contributed by atoms with van der Waals surface area (Å²) in [5, 5.41) is 3.12. The Bertz CT molecular complexity index is 1070. The van der Waals surface area contributed by atoms with E-state index in [1.165, 1.54) is 12.8 Å². The summed E-state index contributed by atoms with van der Waals surface area (Å²) in [6.45, 7) is 1.94. The number of imidazole rings is 1. The molecule has 6 nitrogen and oxygen atoms in total. The summed E-state index contributed by atoms with van der Waals surface area (Å²) in [6, 6.07) is 15.8. The van der Waals surface area contributed by atoms with Gasteiger partial charge in [-0.25, -0.2) is 4.98 Å². The Kier molecular flexibility index (Phi) is 4.54. The van der Waals surface area contributed by atoms with E-state index < -0.39 is 0 Å². The highest BCUT2D eigenvalue weighted by atomic mass is 16.2. The maximum absolute atomic E-state index is 13.0. The zero-order valence-electron chi connectivity index (χ0n) is 16.3. The van der Waals surface area contributed by atoms with E-state index in [2.05, 4.69) is 10.3 Å². The fourth-order valence-corrected chi connectivity index (χ4v) is 4.42. The maximum atomic E-state index is 13.0. The van der Waals surface area contributed by atoms with Crippen LogP contribution in [-0.2, 0) is 13.1 Å². The summed E-state index contributed by atoms with van der Waals surface area (Å²) < 4.78 is 1.97. The smallest absolute Gasteiger partial charge is 0.290 e. The normalized spacial score (nSPS) is 17.0. The Labute approximate surface area is 169 Å². The van der Waals surface area contributed by atoms with Gasteiger partial charge >= 0.3 is 0 Å². The van der Waals surface area contributed by atoms with Crippen molar-refractivity contribution < 1.29 is 9.59 Å². The number of amides is 2. The molecule has 1 aromatic heterocycles. The molecule has 2 aromatic carbocycles. The first-order valence-corrected chi connectivity index (χ1v) is 10.3. The van der Waals surface area contributed by atoms with E-state index >= 15 is 0 Å². The summed E-state index contributed by atoms with van der Waals surface area (Å²) in [4.78, 5) is 32.0. The van der Waals surface area contributed by atoms with Crippen molar-refractivity contribution in [3.63, 3.8) is 0 Å². The van der Waals surface area contributed by atoms with Crippen molar-refractivity contribution in [1.82, 2.24) is 19.8 Å². The highest BCUT2D eigenvalue weighted by molar-refractivity contribution is 6.00. The Morgan fingerprint density at radius 2 is 1.86 bits per heavy atom. The number of hydrogen-bond acceptors (Lipinski definition) is 3. The van der Waals surface area contributed by atoms with Crippen molar-refractivity contribution in [2.24, 2.45) is 0 Å². The van der Waals surface area contributed by atoms with Gasteiger partial charge < -0.3 is 14.8 Å². The maximum Gasteiger partial charge on any atom is 0.290 e. The Balaban J connectivity index is 1.39. The third-order valence-corrected chi connectivity index (χ3v) is 5.99. The van der Waals surface area contributed by atoms with Crippen molar-refractivity contribution in [3.05, 3.63) is 65.5 Å². The number of nitrogens with one attached hydrogen (secondary N) is 1. The monoisotopic (exact) mass is 388 g/mol. The summed E-state index contributed by atoms with van der Waals surface area (Å²) in [5.41, 5.74) is 3.32. The van der Waals surface area contributed by atoms with Gasteiger partial charge in [0.1, 0.15) is 0 Å². The van der Waals surface area contributed by atoms with E-state index in [-0.39, 0.29) is 17.9 Å². The second-order valence-electron chi connectivity index (χ2n) is 7.96. The highest BCUT2D eigenvalue weighted by Crippen LogP contribution is 2.24. The van der Waals surface area contributed by atoms with E-state index in [0.29, 0.717) is 36.5 Å². The van der Waals surface area contributed by atoms with Crippen LogP contribution in [0.5, 0.6) is 0 Å². The van der Waals surface area contributed by atoms with Crippen LogP contribution < -0.4 is 5.32 Å². The van der Waals surface area contributed by atoms with Crippen LogP contribution >= 0.6 is 0 Å². The molecule has 1 aliphatic heterocycles. The van der Waals surface area contributed by atoms with Gasteiger partial charge in [-0.2, -0.15) is 0 Å². The number of nitrogens with zero attached hydrogens (tertiary/aromatic N) is 3. The van der Waals surface area contributed by atoms with Crippen LogP contribution in [0, 0.1) is 0 Å². The molecule has 2 heterocycles. The molecule has 0 saturated heterocycles. The van der Waals surface area contributed by atoms with Crippen LogP contribution in [0.1, 0.15) is 52.2 Å². The summed E-state index contributed by atoms with van der Waals surface area (Å²) >= 11 is 0. The van der Waals surface area contributed by atoms with Crippen LogP contribution in [0.25, 0.3) is 11.0 Å². The minimum atomic E-state index is -0.0618. The molecular formula is C23H24N4O2. The van der Waals surface area contributed by atoms with Gasteiger partial charge in [-0.15, -0.1) is 0 Å². The second kappa shape index (κ2) is 7.35. The SMILES string of the molecule is O=C(NC1CCCC1)c1ccc2c(c1)nc1n2CCN(Cc2ccccc2)C1=O. The fourth-order valence-electron chi connectivity index (χ4n) is 4.42. The molecule has 3 aromatic rings. The predicted octanol–water partition coefficient (Wildman–Crippen LogP) is 3.36. The minimum absolute atomic E-state index is 0.0539. The quantitative estimate of drug-likeness (QED) is 0.745. The second-order valence-corrected chi connectivity index (χ2v) is 7.96. The first-order valence-electron chi connectivity index (χ1n) is 10.3. The number of aromatic nitrogens is 2. The number of hydrogen-bond donors (Lipinski definition) is 1. The molecule has 0 radical (unpaired) electrons. The average molecular weight is 388 g/mol. The third-order valence-electron chi connectivity index (χ3n) is 5.99. The first kappa shape index (κ1) is 17.9. The van der Waals surface area contributed by atoms with Gasteiger partial charge in [-0.05, 0) is 36.6 Å². The van der Waals surface area contributed by atoms with Gasteiger partial charge in [0, 0.05) is 31.2 Å². The number of benzene rings is 2. The Morgan fingerprint density at radius 1 is 1.07 bits per heavy atom. The van der Waals surface area contributed by atoms with Crippen LogP contribution in [0.15, 0.2) is 48.5 Å². The molecule has 0 bridgehead atoms. The molecule has 0 spiro atoms. The fraction of sp³-hybridized carbons (Fsp3) is 0.348. The van der Waals surface area contributed by atoms with Crippen LogP contribution in [0.2, 0.25) is 0 Å². The highest BCUT2D eigenvalue weighted by Gasteiger charge is 2.28. The zero-order valence-corrected chi connectivity index (χ0v) is 16.3. The van der Waals surface area contributed by atoms with E-state index in [4.69, 9.17) is 0 Å². The van der Waals surface area contributed by atoms with Crippen LogP contribution in [0.4, 0.5) is 0 Å². The van der Waals surface area contributed by atoms with Crippen molar-refractivity contribution in [2.45, 2.75) is 44.8 Å². The third kappa shape index (κ3) is 3.39. The van der Waals surface area contributed by atoms with Crippen molar-refractivity contribution in [3.8, 4) is 0 Å². The molecule has 2 aliphatic rings. The topological polar surface area (TPSA) is 67.2 Å². The molecule has 6 heteroatoms. The Hall–Kier alpha value is -3.15. The lowest BCUT2D eigenvalue weighted by molar-refractivity contribution is 0.0685. The lowest BCUT2D eigenvalue weighted by Gasteiger charge is -2.27. The number of carbonyl (C=O) groups excluding carboxylic acids is 2. The number of fused-ring (bicyclic) bond motifs is 3. The molecule has 1 N–H and O–H groups in total. The molecule has 1 fully saturated rings. The van der Waals surface area contributed by atoms with Crippen molar-refractivity contribution in [2.75, 3.05) is 6.54 Å². The van der Waals surface area contributed by atoms with Crippen molar-refractivity contribution >= 4 is 22.8 Å². The average Bonchev–Trinajstić information content (AvgIpc) is 3.38. The van der Waals surface area contributed by atoms with Gasteiger partial charge in [0.05, 0.1) is 11.0 Å². The predicted molar refractivity (Wildman–Crippen MR) is 111 cm³/mol. The molecule has 29 heavy (non-hydrogen) atoms. The van der Waals surface area contributed by atoms with Gasteiger partial charge in [-0.1, -0.05) is 43.2 Å². The molecule has 2 amide bonds. The number of rotatable bonds is 4. The molecule has 5 rings (SSSR count). The molecule has 0 atom stereocenters. The number of carbonyl (C=O) groups is 2. The van der Waals surface area contributed by atoms with Crippen molar-refractivity contribution in [1.29, 1.82) is 0 Å². The van der Waals surface area contributed by atoms with E-state index in [9.17, 15) is 9.59 Å². The van der Waals surface area contributed by atoms with Crippen LogP contribution in [0.3, 0.4) is 0 Å². The van der Waals surface area contributed by atoms with Gasteiger partial charge in [0.15, 0.2) is 5.82 Å². The summed E-state index contributed by atoms with van der Waals surface area (Å²) in [6.07, 6.45) is 4.47. The van der Waals surface area contributed by atoms with Crippen LogP contribution in [-0.4, -0.2) is 38.9 Å². The summed E-state index contributed by atoms with van der Waals surface area (Å²) in [5.74, 6) is 0.339. The zero-order chi connectivity index (χ0) is 19.8. The standard InChI is InChI=1S/C23H24N4O2/c28-22(24-18-8-4-5-9-18)17-10-11-20-19(14-17)25-21-23(29)26(12-13-27(20)21)15-16-6-2-1-3-7-16/h1-3,6-7,10-11,14,18H,4-5,8-9,12-13,15H2,(H,24,28). The van der Waals surface area contributed by atoms with Gasteiger partial charge in [-0.3, -0.25) is 9.59 Å². The minimum Gasteiger partial charge on any atom is -0.349 e. The molecular weight excluding hydrogens is 364 g/mol. The molecule has 1 aliphatic carbocycles. The first-order chi connectivity index (χ1) is 14.2. The lowest BCUT2D eigenvalue weighted by atomic mass is 10.1. The Morgan fingerprint density at radius 3 is 2.66 bits per heavy atom. The van der Waals surface area contributed by atoms with E-state index in [0.717, 1.165) is 23.9 Å². The van der Waals surface area contributed by atoms with E-state index in [1.807, 2.05) is 51.9 Å². The van der Waals surface area contributed by atoms with Gasteiger partial charge in [0.2, 0.25) is 0 Å². The van der Waals surface area contributed by atoms with E-state index in [1.54, 1.807) is 6.07 Å². The molecule has 148 valence electrons. The molecule has 0 unspecified atom stereocenters. The summed E-state index contributed by atoms with van der Waals surface area (Å²) in [7, 11) is 0. The molecule has 1 saturated carbocycles. The largest absolute Gasteiger partial charge is 0.349 e. The lowest BCUT2D eigenvalue weighted by Crippen LogP contribution is -2.39.